The summed E-state index contributed by atoms with van der Waals surface area (Å²) in [5.74, 6) is 1.69. The van der Waals surface area contributed by atoms with E-state index in [1.807, 2.05) is 6.92 Å². The van der Waals surface area contributed by atoms with Crippen LogP contribution in [0.4, 0.5) is 0 Å². The molecule has 0 aliphatic carbocycles. The Morgan fingerprint density at radius 1 is 1.47 bits per heavy atom. The Bertz CT molecular complexity index is 307. The maximum atomic E-state index is 5.83. The van der Waals surface area contributed by atoms with Crippen molar-refractivity contribution in [1.82, 2.24) is 10.1 Å². The van der Waals surface area contributed by atoms with E-state index in [2.05, 4.69) is 10.1 Å². The lowest BCUT2D eigenvalue weighted by atomic mass is 10.0. The molecule has 2 heterocycles. The molecule has 5 nitrogen and oxygen atoms in total. The molecule has 5 heteroatoms. The number of nitrogens with two attached hydrogens (primary N) is 1. The average molecular weight is 211 g/mol. The molecule has 1 aromatic rings. The van der Waals surface area contributed by atoms with Gasteiger partial charge in [-0.3, -0.25) is 0 Å². The van der Waals surface area contributed by atoms with Gasteiger partial charge in [-0.25, -0.2) is 0 Å². The van der Waals surface area contributed by atoms with E-state index in [9.17, 15) is 0 Å². The van der Waals surface area contributed by atoms with Gasteiger partial charge in [0, 0.05) is 19.1 Å². The van der Waals surface area contributed by atoms with Crippen LogP contribution in [0.5, 0.6) is 0 Å². The van der Waals surface area contributed by atoms with Crippen LogP contribution in [-0.4, -0.2) is 23.4 Å². The minimum atomic E-state index is -0.109. The van der Waals surface area contributed by atoms with Crippen LogP contribution in [0.25, 0.3) is 0 Å². The first-order chi connectivity index (χ1) is 7.31. The normalized spacial score (nSPS) is 20.4. The Balaban J connectivity index is 2.05. The Labute approximate surface area is 89.0 Å². The summed E-state index contributed by atoms with van der Waals surface area (Å²) in [6, 6.07) is -0.109. The highest BCUT2D eigenvalue weighted by Crippen LogP contribution is 2.26. The summed E-state index contributed by atoms with van der Waals surface area (Å²) >= 11 is 0. The third-order valence-electron chi connectivity index (χ3n) is 2.80. The van der Waals surface area contributed by atoms with Gasteiger partial charge in [0.1, 0.15) is 0 Å². The van der Waals surface area contributed by atoms with Gasteiger partial charge in [0.05, 0.1) is 6.04 Å². The number of aromatic nitrogens is 2. The molecule has 0 aromatic carbocycles. The van der Waals surface area contributed by atoms with E-state index >= 15 is 0 Å². The van der Waals surface area contributed by atoms with E-state index < -0.39 is 0 Å². The van der Waals surface area contributed by atoms with Gasteiger partial charge < -0.3 is 15.0 Å². The zero-order chi connectivity index (χ0) is 10.7. The van der Waals surface area contributed by atoms with Gasteiger partial charge in [0.2, 0.25) is 5.89 Å². The Kier molecular flexibility index (Phi) is 3.33. The molecule has 1 unspecified atom stereocenters. The second kappa shape index (κ2) is 4.72. The van der Waals surface area contributed by atoms with Crippen LogP contribution < -0.4 is 5.73 Å². The van der Waals surface area contributed by atoms with Crippen LogP contribution in [-0.2, 0) is 4.74 Å². The van der Waals surface area contributed by atoms with E-state index in [0.29, 0.717) is 11.7 Å². The van der Waals surface area contributed by atoms with Crippen LogP contribution in [0.2, 0.25) is 0 Å². The summed E-state index contributed by atoms with van der Waals surface area (Å²) < 4.78 is 10.5. The van der Waals surface area contributed by atoms with Gasteiger partial charge >= 0.3 is 0 Å². The molecule has 1 atom stereocenters. The molecule has 2 rings (SSSR count). The van der Waals surface area contributed by atoms with E-state index in [-0.39, 0.29) is 6.04 Å². The van der Waals surface area contributed by atoms with Crippen molar-refractivity contribution in [3.63, 3.8) is 0 Å². The molecule has 0 spiro atoms. The highest BCUT2D eigenvalue weighted by atomic mass is 16.5. The van der Waals surface area contributed by atoms with Gasteiger partial charge in [-0.2, -0.15) is 4.98 Å². The number of nitrogens with zero attached hydrogens (tertiary/aromatic N) is 2. The molecule has 1 fully saturated rings. The number of rotatable bonds is 3. The summed E-state index contributed by atoms with van der Waals surface area (Å²) in [7, 11) is 0. The molecule has 0 saturated carbocycles. The monoisotopic (exact) mass is 211 g/mol. The van der Waals surface area contributed by atoms with Crippen molar-refractivity contribution in [1.29, 1.82) is 0 Å². The van der Waals surface area contributed by atoms with Crippen molar-refractivity contribution in [3.8, 4) is 0 Å². The predicted molar refractivity (Wildman–Crippen MR) is 54.3 cm³/mol. The lowest BCUT2D eigenvalue weighted by Gasteiger charge is -2.17. The minimum absolute atomic E-state index is 0.109. The summed E-state index contributed by atoms with van der Waals surface area (Å²) in [6.45, 7) is 3.57. The maximum Gasteiger partial charge on any atom is 0.229 e. The number of hydrogen-bond donors (Lipinski definition) is 1. The highest BCUT2D eigenvalue weighted by Gasteiger charge is 2.23. The average Bonchev–Trinajstić information content (AvgIpc) is 2.78. The van der Waals surface area contributed by atoms with Gasteiger partial charge in [-0.05, 0) is 19.3 Å². The lowest BCUT2D eigenvalue weighted by molar-refractivity contribution is 0.0778. The fourth-order valence-electron chi connectivity index (χ4n) is 1.69. The third-order valence-corrected chi connectivity index (χ3v) is 2.80. The van der Waals surface area contributed by atoms with Gasteiger partial charge in [0.15, 0.2) is 5.82 Å². The standard InChI is InChI=1S/C10H17N3O2/c1-2-8(11)9-12-10(15-13-9)7-3-5-14-6-4-7/h7-8H,2-6,11H2,1H3. The second-order valence-electron chi connectivity index (χ2n) is 3.89. The maximum absolute atomic E-state index is 5.83. The van der Waals surface area contributed by atoms with E-state index in [1.165, 1.54) is 0 Å². The topological polar surface area (TPSA) is 74.2 Å². The zero-order valence-corrected chi connectivity index (χ0v) is 8.98. The molecule has 1 aliphatic rings. The van der Waals surface area contributed by atoms with Crippen molar-refractivity contribution < 1.29 is 9.26 Å². The Morgan fingerprint density at radius 3 is 2.87 bits per heavy atom. The first-order valence-electron chi connectivity index (χ1n) is 5.48. The zero-order valence-electron chi connectivity index (χ0n) is 8.98. The molecule has 0 amide bonds. The van der Waals surface area contributed by atoms with Crippen molar-refractivity contribution in [2.75, 3.05) is 13.2 Å². The third kappa shape index (κ3) is 2.35. The van der Waals surface area contributed by atoms with E-state index in [0.717, 1.165) is 38.4 Å². The van der Waals surface area contributed by atoms with Crippen LogP contribution in [0.15, 0.2) is 4.52 Å². The predicted octanol–water partition coefficient (Wildman–Crippen LogP) is 1.37. The smallest absolute Gasteiger partial charge is 0.229 e. The largest absolute Gasteiger partial charge is 0.381 e. The molecular formula is C10H17N3O2. The van der Waals surface area contributed by atoms with Crippen LogP contribution in [0.1, 0.15) is 49.9 Å². The van der Waals surface area contributed by atoms with Crippen LogP contribution in [0.3, 0.4) is 0 Å². The molecule has 1 aliphatic heterocycles. The Morgan fingerprint density at radius 2 is 2.20 bits per heavy atom. The lowest BCUT2D eigenvalue weighted by Crippen LogP contribution is -2.15. The highest BCUT2D eigenvalue weighted by molar-refractivity contribution is 4.98. The molecular weight excluding hydrogens is 194 g/mol. The van der Waals surface area contributed by atoms with Gasteiger partial charge in [-0.1, -0.05) is 12.1 Å². The van der Waals surface area contributed by atoms with Crippen molar-refractivity contribution in [2.45, 2.75) is 38.1 Å². The summed E-state index contributed by atoms with van der Waals surface area (Å²) in [6.07, 6.45) is 2.75. The molecule has 0 bridgehead atoms. The molecule has 2 N–H and O–H groups in total. The molecule has 0 radical (unpaired) electrons. The fraction of sp³-hybridized carbons (Fsp3) is 0.800. The number of hydrogen-bond acceptors (Lipinski definition) is 5. The van der Waals surface area contributed by atoms with Crippen molar-refractivity contribution in [3.05, 3.63) is 11.7 Å². The van der Waals surface area contributed by atoms with E-state index in [1.54, 1.807) is 0 Å². The summed E-state index contributed by atoms with van der Waals surface area (Å²) in [5.41, 5.74) is 5.83. The van der Waals surface area contributed by atoms with Gasteiger partial charge in [-0.15, -0.1) is 0 Å². The Hall–Kier alpha value is -0.940. The number of ether oxygens (including phenoxy) is 1. The van der Waals surface area contributed by atoms with Crippen molar-refractivity contribution >= 4 is 0 Å². The van der Waals surface area contributed by atoms with Crippen LogP contribution >= 0.6 is 0 Å². The fourth-order valence-corrected chi connectivity index (χ4v) is 1.69. The van der Waals surface area contributed by atoms with Crippen molar-refractivity contribution in [2.24, 2.45) is 5.73 Å². The molecule has 84 valence electrons. The second-order valence-corrected chi connectivity index (χ2v) is 3.89. The molecule has 1 aromatic heterocycles. The minimum Gasteiger partial charge on any atom is -0.381 e. The first kappa shape index (κ1) is 10.6. The summed E-state index contributed by atoms with van der Waals surface area (Å²) in [5, 5.41) is 3.91. The van der Waals surface area contributed by atoms with Crippen LogP contribution in [0, 0.1) is 0 Å². The van der Waals surface area contributed by atoms with E-state index in [4.69, 9.17) is 15.0 Å². The summed E-state index contributed by atoms with van der Waals surface area (Å²) in [4.78, 5) is 4.35. The molecule has 1 saturated heterocycles. The quantitative estimate of drug-likeness (QED) is 0.817. The molecule has 15 heavy (non-hydrogen) atoms. The van der Waals surface area contributed by atoms with Gasteiger partial charge in [0.25, 0.3) is 0 Å². The SMILES string of the molecule is CCC(N)c1noc(C2CCOCC2)n1. The first-order valence-corrected chi connectivity index (χ1v) is 5.48.